The Bertz CT molecular complexity index is 378. The number of carboxylic acid groups (broad SMARTS) is 1. The molecule has 1 heterocycles. The predicted molar refractivity (Wildman–Crippen MR) is 58.9 cm³/mol. The van der Waals surface area contributed by atoms with Crippen LogP contribution in [0, 0.1) is 0 Å². The fourth-order valence-electron chi connectivity index (χ4n) is 1.51. The Morgan fingerprint density at radius 3 is 2.76 bits per heavy atom. The van der Waals surface area contributed by atoms with E-state index in [1.807, 2.05) is 0 Å². The number of hydrogen-bond donors (Lipinski definition) is 1. The minimum Gasteiger partial charge on any atom is -0.476 e. The van der Waals surface area contributed by atoms with Crippen molar-refractivity contribution in [2.45, 2.75) is 26.0 Å². The lowest BCUT2D eigenvalue weighted by atomic mass is 10.2. The highest BCUT2D eigenvalue weighted by Crippen LogP contribution is 2.19. The van der Waals surface area contributed by atoms with E-state index < -0.39 is 5.97 Å². The zero-order valence-electron chi connectivity index (χ0n) is 10.2. The highest BCUT2D eigenvalue weighted by atomic mass is 16.5. The van der Waals surface area contributed by atoms with Crippen molar-refractivity contribution in [2.75, 3.05) is 20.8 Å². The molecule has 1 atom stereocenters. The number of aromatic carboxylic acids is 1. The summed E-state index contributed by atoms with van der Waals surface area (Å²) in [6, 6.07) is 0. The molecule has 1 N–H and O–H groups in total. The van der Waals surface area contributed by atoms with Gasteiger partial charge in [-0.2, -0.15) is 0 Å². The SMILES string of the molecule is COCCCn1nnc(C(=O)O)c1C(C)OC. The van der Waals surface area contributed by atoms with Crippen LogP contribution in [0.25, 0.3) is 0 Å². The number of ether oxygens (including phenoxy) is 2. The number of hydrogen-bond acceptors (Lipinski definition) is 5. The van der Waals surface area contributed by atoms with Gasteiger partial charge in [-0.05, 0) is 13.3 Å². The first kappa shape index (κ1) is 13.6. The summed E-state index contributed by atoms with van der Waals surface area (Å²) in [5.74, 6) is -1.10. The summed E-state index contributed by atoms with van der Waals surface area (Å²) in [6.45, 7) is 2.90. The molecule has 0 fully saturated rings. The lowest BCUT2D eigenvalue weighted by Gasteiger charge is -2.12. The molecule has 0 amide bonds. The van der Waals surface area contributed by atoms with Gasteiger partial charge in [0.2, 0.25) is 0 Å². The molecule has 7 heteroatoms. The van der Waals surface area contributed by atoms with Gasteiger partial charge in [-0.1, -0.05) is 5.21 Å². The second kappa shape index (κ2) is 6.31. The van der Waals surface area contributed by atoms with Gasteiger partial charge in [0, 0.05) is 27.4 Å². The molecule has 7 nitrogen and oxygen atoms in total. The molecular formula is C10H17N3O4. The minimum atomic E-state index is -1.10. The van der Waals surface area contributed by atoms with E-state index in [1.54, 1.807) is 18.7 Å². The number of aromatic nitrogens is 3. The van der Waals surface area contributed by atoms with E-state index in [-0.39, 0.29) is 11.8 Å². The first-order chi connectivity index (χ1) is 8.11. The van der Waals surface area contributed by atoms with Gasteiger partial charge in [-0.15, -0.1) is 5.10 Å². The van der Waals surface area contributed by atoms with E-state index in [1.165, 1.54) is 7.11 Å². The Morgan fingerprint density at radius 1 is 1.53 bits per heavy atom. The van der Waals surface area contributed by atoms with Crippen LogP contribution in [0.1, 0.15) is 35.6 Å². The summed E-state index contributed by atoms with van der Waals surface area (Å²) in [5.41, 5.74) is 0.424. The standard InChI is InChI=1S/C10H17N3O4/c1-7(17-3)9-8(10(14)15)11-12-13(9)5-4-6-16-2/h7H,4-6H2,1-3H3,(H,14,15). The summed E-state index contributed by atoms with van der Waals surface area (Å²) < 4.78 is 11.6. The van der Waals surface area contributed by atoms with E-state index in [4.69, 9.17) is 14.6 Å². The first-order valence-corrected chi connectivity index (χ1v) is 5.30. The molecule has 0 spiro atoms. The van der Waals surface area contributed by atoms with Crippen LogP contribution in [0.2, 0.25) is 0 Å². The average Bonchev–Trinajstić information content (AvgIpc) is 2.72. The zero-order chi connectivity index (χ0) is 12.8. The van der Waals surface area contributed by atoms with Crippen molar-refractivity contribution in [3.05, 3.63) is 11.4 Å². The molecule has 0 aliphatic heterocycles. The summed E-state index contributed by atoms with van der Waals surface area (Å²) in [4.78, 5) is 11.0. The first-order valence-electron chi connectivity index (χ1n) is 5.30. The molecule has 96 valence electrons. The predicted octanol–water partition coefficient (Wildman–Crippen LogP) is 0.720. The Morgan fingerprint density at radius 2 is 2.24 bits per heavy atom. The van der Waals surface area contributed by atoms with Crippen molar-refractivity contribution in [2.24, 2.45) is 0 Å². The molecule has 1 aromatic rings. The lowest BCUT2D eigenvalue weighted by molar-refractivity contribution is 0.0673. The molecule has 1 rings (SSSR count). The van der Waals surface area contributed by atoms with E-state index in [0.717, 1.165) is 6.42 Å². The maximum absolute atomic E-state index is 11.0. The van der Waals surface area contributed by atoms with Gasteiger partial charge < -0.3 is 14.6 Å². The molecule has 0 saturated heterocycles. The summed E-state index contributed by atoms with van der Waals surface area (Å²) in [5, 5.41) is 16.5. The van der Waals surface area contributed by atoms with Crippen molar-refractivity contribution < 1.29 is 19.4 Å². The second-order valence-electron chi connectivity index (χ2n) is 3.58. The Hall–Kier alpha value is -1.47. The van der Waals surface area contributed by atoms with E-state index in [2.05, 4.69) is 10.3 Å². The van der Waals surface area contributed by atoms with Crippen LogP contribution >= 0.6 is 0 Å². The van der Waals surface area contributed by atoms with E-state index >= 15 is 0 Å². The Kier molecular flexibility index (Phi) is 5.05. The lowest BCUT2D eigenvalue weighted by Crippen LogP contribution is -2.13. The van der Waals surface area contributed by atoms with Gasteiger partial charge in [0.1, 0.15) is 5.69 Å². The third kappa shape index (κ3) is 3.24. The number of carbonyl (C=O) groups is 1. The maximum Gasteiger partial charge on any atom is 0.358 e. The number of rotatable bonds is 7. The van der Waals surface area contributed by atoms with Gasteiger partial charge in [0.05, 0.1) is 6.10 Å². The highest BCUT2D eigenvalue weighted by molar-refractivity contribution is 5.86. The number of carboxylic acids is 1. The van der Waals surface area contributed by atoms with Crippen LogP contribution in [-0.2, 0) is 16.0 Å². The van der Waals surface area contributed by atoms with Crippen LogP contribution in [0.4, 0.5) is 0 Å². The molecule has 0 bridgehead atoms. The molecule has 1 aromatic heterocycles. The van der Waals surface area contributed by atoms with Crippen LogP contribution in [-0.4, -0.2) is 46.9 Å². The van der Waals surface area contributed by atoms with Crippen molar-refractivity contribution >= 4 is 5.97 Å². The molecular weight excluding hydrogens is 226 g/mol. The molecule has 0 radical (unpaired) electrons. The molecule has 0 aliphatic carbocycles. The van der Waals surface area contributed by atoms with Gasteiger partial charge in [0.25, 0.3) is 0 Å². The van der Waals surface area contributed by atoms with Crippen LogP contribution in [0.5, 0.6) is 0 Å². The average molecular weight is 243 g/mol. The van der Waals surface area contributed by atoms with Crippen molar-refractivity contribution in [3.8, 4) is 0 Å². The topological polar surface area (TPSA) is 86.5 Å². The molecule has 0 aromatic carbocycles. The fourth-order valence-corrected chi connectivity index (χ4v) is 1.51. The molecule has 0 aliphatic rings. The molecule has 1 unspecified atom stereocenters. The largest absolute Gasteiger partial charge is 0.476 e. The van der Waals surface area contributed by atoms with Crippen molar-refractivity contribution in [1.82, 2.24) is 15.0 Å². The van der Waals surface area contributed by atoms with Crippen molar-refractivity contribution in [3.63, 3.8) is 0 Å². The van der Waals surface area contributed by atoms with Crippen LogP contribution in [0.15, 0.2) is 0 Å². The second-order valence-corrected chi connectivity index (χ2v) is 3.58. The van der Waals surface area contributed by atoms with Gasteiger partial charge in [0.15, 0.2) is 5.69 Å². The summed E-state index contributed by atoms with van der Waals surface area (Å²) >= 11 is 0. The van der Waals surface area contributed by atoms with Gasteiger partial charge in [-0.25, -0.2) is 9.48 Å². The fraction of sp³-hybridized carbons (Fsp3) is 0.700. The third-order valence-corrected chi connectivity index (χ3v) is 2.43. The van der Waals surface area contributed by atoms with E-state index in [0.29, 0.717) is 18.8 Å². The highest BCUT2D eigenvalue weighted by Gasteiger charge is 2.23. The number of aryl methyl sites for hydroxylation is 1. The summed E-state index contributed by atoms with van der Waals surface area (Å²) in [7, 11) is 3.13. The third-order valence-electron chi connectivity index (χ3n) is 2.43. The normalized spacial score (nSPS) is 12.6. The van der Waals surface area contributed by atoms with E-state index in [9.17, 15) is 4.79 Å². The maximum atomic E-state index is 11.0. The van der Waals surface area contributed by atoms with Gasteiger partial charge in [-0.3, -0.25) is 0 Å². The molecule has 0 saturated carbocycles. The van der Waals surface area contributed by atoms with Crippen LogP contribution < -0.4 is 0 Å². The number of methoxy groups -OCH3 is 2. The summed E-state index contributed by atoms with van der Waals surface area (Å²) in [6.07, 6.45) is 0.376. The zero-order valence-corrected chi connectivity index (χ0v) is 10.2. The number of nitrogens with zero attached hydrogens (tertiary/aromatic N) is 3. The minimum absolute atomic E-state index is 0.0585. The Labute approximate surface area is 99.3 Å². The Balaban J connectivity index is 2.92. The van der Waals surface area contributed by atoms with Crippen molar-refractivity contribution in [1.29, 1.82) is 0 Å². The smallest absolute Gasteiger partial charge is 0.358 e. The monoisotopic (exact) mass is 243 g/mol. The van der Waals surface area contributed by atoms with Crippen LogP contribution in [0.3, 0.4) is 0 Å². The quantitative estimate of drug-likeness (QED) is 0.710. The van der Waals surface area contributed by atoms with Gasteiger partial charge >= 0.3 is 5.97 Å². The molecule has 17 heavy (non-hydrogen) atoms.